The summed E-state index contributed by atoms with van der Waals surface area (Å²) in [4.78, 5) is 15.9. The molecule has 2 aliphatic heterocycles. The first-order chi connectivity index (χ1) is 16.5. The Kier molecular flexibility index (Phi) is 11.6. The molecule has 2 fully saturated rings. The molecule has 2 saturated heterocycles. The number of ether oxygens (including phenoxy) is 1. The zero-order chi connectivity index (χ0) is 25.3. The summed E-state index contributed by atoms with van der Waals surface area (Å²) < 4.78 is 19.6. The second kappa shape index (κ2) is 13.9. The van der Waals surface area contributed by atoms with E-state index in [0.29, 0.717) is 35.4 Å². The number of anilines is 1. The highest BCUT2D eigenvalue weighted by molar-refractivity contribution is 6.36. The molecule has 2 aromatic rings. The summed E-state index contributed by atoms with van der Waals surface area (Å²) in [7, 11) is 1.43. The van der Waals surface area contributed by atoms with Gasteiger partial charge in [-0.1, -0.05) is 63.0 Å². The quantitative estimate of drug-likeness (QED) is 0.399. The van der Waals surface area contributed by atoms with E-state index in [9.17, 15) is 9.18 Å². The fraction of sp³-hybridized carbons (Fsp3) is 0.519. The lowest BCUT2D eigenvalue weighted by molar-refractivity contribution is -0.147. The Balaban J connectivity index is 0.000000970. The number of rotatable bonds is 5. The Bertz CT molecular complexity index is 907. The molecule has 0 aromatic heterocycles. The highest BCUT2D eigenvalue weighted by atomic mass is 35.5. The van der Waals surface area contributed by atoms with Crippen LogP contribution in [0.25, 0.3) is 0 Å². The van der Waals surface area contributed by atoms with E-state index in [2.05, 4.69) is 4.90 Å². The minimum atomic E-state index is -0.208. The SMILES string of the molecule is CC.CC.COC(=O)C1CCN(Cc2ccc(N3CC(c4c(Cl)cccc4Cl)C3)c(F)c2)CC1. The molecule has 0 radical (unpaired) electrons. The standard InChI is InChI=1S/C23H25Cl2FN2O2.2C2H6/c1-30-23(29)16-7-9-27(10-8-16)12-15-5-6-21(20(26)11-15)28-13-17(14-28)22-18(24)3-2-4-19(22)25;2*1-2/h2-6,11,16-17H,7-10,12-14H2,1H3;2*1-2H3. The number of likely N-dealkylation sites (tertiary alicyclic amines) is 1. The van der Waals surface area contributed by atoms with E-state index in [4.69, 9.17) is 27.9 Å². The number of hydrogen-bond acceptors (Lipinski definition) is 4. The van der Waals surface area contributed by atoms with Crippen molar-refractivity contribution in [3.05, 3.63) is 63.4 Å². The van der Waals surface area contributed by atoms with Crippen molar-refractivity contribution in [2.75, 3.05) is 38.2 Å². The Morgan fingerprint density at radius 2 is 1.62 bits per heavy atom. The minimum Gasteiger partial charge on any atom is -0.469 e. The van der Waals surface area contributed by atoms with Gasteiger partial charge in [0.25, 0.3) is 0 Å². The monoisotopic (exact) mass is 510 g/mol. The highest BCUT2D eigenvalue weighted by Gasteiger charge is 2.32. The first-order valence-electron chi connectivity index (χ1n) is 12.2. The summed E-state index contributed by atoms with van der Waals surface area (Å²) in [6.45, 7) is 11.7. The second-order valence-electron chi connectivity index (χ2n) is 8.10. The number of benzene rings is 2. The second-order valence-corrected chi connectivity index (χ2v) is 8.91. The number of nitrogens with zero attached hydrogens (tertiary/aromatic N) is 2. The van der Waals surface area contributed by atoms with Gasteiger partial charge in [-0.05, 0) is 61.3 Å². The van der Waals surface area contributed by atoms with Crippen LogP contribution in [0, 0.1) is 11.7 Å². The van der Waals surface area contributed by atoms with Gasteiger partial charge < -0.3 is 9.64 Å². The summed E-state index contributed by atoms with van der Waals surface area (Å²) in [5.74, 6) is -0.144. The first kappa shape index (κ1) is 28.4. The molecule has 2 heterocycles. The Hall–Kier alpha value is -1.82. The third-order valence-corrected chi connectivity index (χ3v) is 6.83. The molecule has 7 heteroatoms. The van der Waals surface area contributed by atoms with Crippen molar-refractivity contribution in [2.45, 2.75) is 53.0 Å². The van der Waals surface area contributed by atoms with Gasteiger partial charge in [0.15, 0.2) is 0 Å². The molecule has 34 heavy (non-hydrogen) atoms. The van der Waals surface area contributed by atoms with Gasteiger partial charge in [-0.25, -0.2) is 4.39 Å². The third-order valence-electron chi connectivity index (χ3n) is 6.17. The van der Waals surface area contributed by atoms with E-state index in [0.717, 1.165) is 37.1 Å². The Morgan fingerprint density at radius 3 is 2.15 bits per heavy atom. The Labute approximate surface area is 214 Å². The molecule has 0 saturated carbocycles. The molecule has 2 aliphatic rings. The molecule has 4 rings (SSSR count). The maximum absolute atomic E-state index is 14.8. The predicted molar refractivity (Wildman–Crippen MR) is 141 cm³/mol. The zero-order valence-electron chi connectivity index (χ0n) is 20.9. The topological polar surface area (TPSA) is 32.8 Å². The van der Waals surface area contributed by atoms with Crippen LogP contribution in [0.15, 0.2) is 36.4 Å². The first-order valence-corrected chi connectivity index (χ1v) is 13.0. The molecule has 0 unspecified atom stereocenters. The van der Waals surface area contributed by atoms with Crippen LogP contribution in [0.5, 0.6) is 0 Å². The van der Waals surface area contributed by atoms with Crippen molar-refractivity contribution in [1.82, 2.24) is 4.90 Å². The number of hydrogen-bond donors (Lipinski definition) is 0. The summed E-state index contributed by atoms with van der Waals surface area (Å²) in [6, 6.07) is 11.0. The molecule has 2 aromatic carbocycles. The van der Waals surface area contributed by atoms with Gasteiger partial charge in [-0.3, -0.25) is 9.69 Å². The van der Waals surface area contributed by atoms with Crippen molar-refractivity contribution in [1.29, 1.82) is 0 Å². The van der Waals surface area contributed by atoms with Crippen LogP contribution in [0.1, 0.15) is 57.6 Å². The van der Waals surface area contributed by atoms with Crippen molar-refractivity contribution < 1.29 is 13.9 Å². The summed E-state index contributed by atoms with van der Waals surface area (Å²) >= 11 is 12.6. The van der Waals surface area contributed by atoms with Crippen LogP contribution < -0.4 is 4.90 Å². The lowest BCUT2D eigenvalue weighted by atomic mass is 9.90. The fourth-order valence-corrected chi connectivity index (χ4v) is 5.12. The number of carbonyl (C=O) groups is 1. The van der Waals surface area contributed by atoms with Gasteiger partial charge >= 0.3 is 5.97 Å². The molecular weight excluding hydrogens is 474 g/mol. The minimum absolute atomic E-state index is 0.0173. The van der Waals surface area contributed by atoms with Crippen LogP contribution >= 0.6 is 23.2 Å². The van der Waals surface area contributed by atoms with Crippen LogP contribution in [0.2, 0.25) is 10.0 Å². The van der Waals surface area contributed by atoms with Crippen molar-refractivity contribution in [2.24, 2.45) is 5.92 Å². The lowest BCUT2D eigenvalue weighted by Gasteiger charge is -2.42. The molecule has 0 spiro atoms. The van der Waals surface area contributed by atoms with Gasteiger partial charge in [-0.2, -0.15) is 0 Å². The van der Waals surface area contributed by atoms with Gasteiger partial charge in [0.2, 0.25) is 0 Å². The van der Waals surface area contributed by atoms with Crippen LogP contribution in [0.4, 0.5) is 10.1 Å². The number of esters is 1. The summed E-state index contributed by atoms with van der Waals surface area (Å²) in [6.07, 6.45) is 1.57. The average molecular weight is 512 g/mol. The third kappa shape index (κ3) is 6.87. The van der Waals surface area contributed by atoms with Crippen LogP contribution in [-0.2, 0) is 16.1 Å². The molecule has 0 aliphatic carbocycles. The molecule has 0 bridgehead atoms. The molecular formula is C27H37Cl2FN2O2. The van der Waals surface area contributed by atoms with E-state index in [1.54, 1.807) is 6.07 Å². The number of piperidine rings is 1. The largest absolute Gasteiger partial charge is 0.469 e. The fourth-order valence-electron chi connectivity index (χ4n) is 4.42. The van der Waals surface area contributed by atoms with Gasteiger partial charge in [-0.15, -0.1) is 0 Å². The molecule has 0 amide bonds. The highest BCUT2D eigenvalue weighted by Crippen LogP contribution is 2.39. The van der Waals surface area contributed by atoms with Crippen LogP contribution in [0.3, 0.4) is 0 Å². The van der Waals surface area contributed by atoms with E-state index < -0.39 is 0 Å². The number of methoxy groups -OCH3 is 1. The van der Waals surface area contributed by atoms with Crippen molar-refractivity contribution in [3.63, 3.8) is 0 Å². The normalized spacial score (nSPS) is 16.5. The Morgan fingerprint density at radius 1 is 1.03 bits per heavy atom. The van der Waals surface area contributed by atoms with Crippen molar-refractivity contribution in [3.8, 4) is 0 Å². The van der Waals surface area contributed by atoms with E-state index in [-0.39, 0.29) is 23.6 Å². The maximum Gasteiger partial charge on any atom is 0.308 e. The van der Waals surface area contributed by atoms with E-state index >= 15 is 0 Å². The smallest absolute Gasteiger partial charge is 0.308 e. The van der Waals surface area contributed by atoms with Crippen molar-refractivity contribution >= 4 is 34.9 Å². The van der Waals surface area contributed by atoms with Gasteiger partial charge in [0, 0.05) is 35.6 Å². The van der Waals surface area contributed by atoms with Gasteiger partial charge in [0.1, 0.15) is 5.82 Å². The maximum atomic E-state index is 14.8. The molecule has 188 valence electrons. The number of halogens is 3. The summed E-state index contributed by atoms with van der Waals surface area (Å²) in [5, 5.41) is 1.33. The lowest BCUT2D eigenvalue weighted by Crippen LogP contribution is -2.45. The molecule has 4 nitrogen and oxygen atoms in total. The summed E-state index contributed by atoms with van der Waals surface area (Å²) in [5.41, 5.74) is 2.51. The number of carbonyl (C=O) groups excluding carboxylic acids is 1. The predicted octanol–water partition coefficient (Wildman–Crippen LogP) is 7.17. The van der Waals surface area contributed by atoms with E-state index in [1.165, 1.54) is 7.11 Å². The molecule has 0 atom stereocenters. The van der Waals surface area contributed by atoms with Crippen LogP contribution in [-0.4, -0.2) is 44.2 Å². The molecule has 0 N–H and O–H groups in total. The van der Waals surface area contributed by atoms with Gasteiger partial charge in [0.05, 0.1) is 18.7 Å². The zero-order valence-corrected chi connectivity index (χ0v) is 22.4. The average Bonchev–Trinajstić information content (AvgIpc) is 2.83. The van der Waals surface area contributed by atoms with E-state index in [1.807, 2.05) is 62.9 Å².